The number of methoxy groups -OCH3 is 1. The van der Waals surface area contributed by atoms with Crippen molar-refractivity contribution in [3.8, 4) is 11.4 Å². The minimum atomic E-state index is -0.931. The lowest BCUT2D eigenvalue weighted by atomic mass is 10.2. The zero-order valence-electron chi connectivity index (χ0n) is 14.6. The highest BCUT2D eigenvalue weighted by molar-refractivity contribution is 5.74. The third-order valence-corrected chi connectivity index (χ3v) is 3.88. The molecule has 0 aliphatic carbocycles. The highest BCUT2D eigenvalue weighted by Crippen LogP contribution is 2.25. The molecule has 2 rings (SSSR count). The Kier molecular flexibility index (Phi) is 5.10. The fourth-order valence-corrected chi connectivity index (χ4v) is 2.30. The van der Waals surface area contributed by atoms with E-state index >= 15 is 0 Å². The highest BCUT2D eigenvalue weighted by Gasteiger charge is 2.19. The number of hydrogen-bond donors (Lipinski definition) is 0. The van der Waals surface area contributed by atoms with Gasteiger partial charge in [-0.15, -0.1) is 0 Å². The fourth-order valence-electron chi connectivity index (χ4n) is 2.30. The van der Waals surface area contributed by atoms with Crippen molar-refractivity contribution in [3.63, 3.8) is 0 Å². The molecule has 0 spiro atoms. The third-order valence-electron chi connectivity index (χ3n) is 3.88. The van der Waals surface area contributed by atoms with Crippen molar-refractivity contribution < 1.29 is 18.7 Å². The van der Waals surface area contributed by atoms with Gasteiger partial charge in [0.1, 0.15) is 11.6 Å². The van der Waals surface area contributed by atoms with Crippen molar-refractivity contribution in [1.29, 1.82) is 0 Å². The van der Waals surface area contributed by atoms with Crippen LogP contribution in [-0.2, 0) is 16.6 Å². The zero-order valence-corrected chi connectivity index (χ0v) is 14.6. The summed E-state index contributed by atoms with van der Waals surface area (Å²) in [5.74, 6) is -1.18. The van der Waals surface area contributed by atoms with E-state index < -0.39 is 29.1 Å². The van der Waals surface area contributed by atoms with Crippen LogP contribution in [0.15, 0.2) is 27.8 Å². The van der Waals surface area contributed by atoms with Gasteiger partial charge in [0.15, 0.2) is 6.10 Å². The highest BCUT2D eigenvalue weighted by atomic mass is 19.1. The zero-order chi connectivity index (χ0) is 18.9. The number of hydrogen-bond acceptors (Lipinski definition) is 5. The van der Waals surface area contributed by atoms with Gasteiger partial charge in [0.25, 0.3) is 5.56 Å². The summed E-state index contributed by atoms with van der Waals surface area (Å²) in [7, 11) is 2.71. The van der Waals surface area contributed by atoms with Crippen molar-refractivity contribution in [1.82, 2.24) is 9.13 Å². The van der Waals surface area contributed by atoms with Crippen LogP contribution in [0, 0.1) is 19.7 Å². The number of carbonyl (C=O) groups excluding carboxylic acids is 1. The van der Waals surface area contributed by atoms with Gasteiger partial charge >= 0.3 is 11.7 Å². The van der Waals surface area contributed by atoms with E-state index in [1.54, 1.807) is 13.8 Å². The lowest BCUT2D eigenvalue weighted by Crippen LogP contribution is -2.38. The number of benzene rings is 1. The van der Waals surface area contributed by atoms with E-state index in [-0.39, 0.29) is 11.4 Å². The second-order valence-electron chi connectivity index (χ2n) is 5.65. The second-order valence-corrected chi connectivity index (χ2v) is 5.65. The Labute approximate surface area is 143 Å². The molecule has 8 heteroatoms. The second kappa shape index (κ2) is 6.92. The molecule has 0 bridgehead atoms. The first-order valence-electron chi connectivity index (χ1n) is 7.52. The van der Waals surface area contributed by atoms with Crippen molar-refractivity contribution in [3.05, 3.63) is 56.1 Å². The summed E-state index contributed by atoms with van der Waals surface area (Å²) in [6.07, 6.45) is -0.931. The number of halogens is 1. The molecule has 0 saturated heterocycles. The smallest absolute Gasteiger partial charge is 0.346 e. The molecule has 1 atom stereocenters. The number of aryl methyl sites for hydroxylation is 2. The van der Waals surface area contributed by atoms with Crippen LogP contribution in [0.4, 0.5) is 4.39 Å². The summed E-state index contributed by atoms with van der Waals surface area (Å²) < 4.78 is 26.4. The first kappa shape index (κ1) is 18.4. The van der Waals surface area contributed by atoms with Crippen molar-refractivity contribution in [2.45, 2.75) is 26.9 Å². The molecule has 0 aliphatic rings. The van der Waals surface area contributed by atoms with Crippen molar-refractivity contribution in [2.75, 3.05) is 7.11 Å². The molecular weight excluding hydrogens is 331 g/mol. The Balaban J connectivity index is 2.63. The Bertz CT molecular complexity index is 945. The van der Waals surface area contributed by atoms with Crippen LogP contribution in [0.1, 0.15) is 18.2 Å². The van der Waals surface area contributed by atoms with E-state index in [9.17, 15) is 18.8 Å². The Morgan fingerprint density at radius 3 is 2.44 bits per heavy atom. The molecule has 0 saturated carbocycles. The molecule has 0 N–H and O–H groups in total. The number of rotatable bonds is 4. The predicted molar refractivity (Wildman–Crippen MR) is 88.8 cm³/mol. The summed E-state index contributed by atoms with van der Waals surface area (Å²) in [5.41, 5.74) is -0.721. The number of aromatic nitrogens is 2. The molecule has 1 aromatic carbocycles. The minimum absolute atomic E-state index is 0.170. The first-order valence-corrected chi connectivity index (χ1v) is 7.52. The first-order chi connectivity index (χ1) is 11.7. The molecule has 1 heterocycles. The third kappa shape index (κ3) is 3.47. The van der Waals surface area contributed by atoms with Gasteiger partial charge in [-0.1, -0.05) is 0 Å². The number of nitrogens with zero attached hydrogens (tertiary/aromatic N) is 2. The lowest BCUT2D eigenvalue weighted by molar-refractivity contribution is -0.147. The Morgan fingerprint density at radius 1 is 1.20 bits per heavy atom. The van der Waals surface area contributed by atoms with Gasteiger partial charge in [-0.2, -0.15) is 0 Å². The summed E-state index contributed by atoms with van der Waals surface area (Å²) in [6.45, 7) is 4.67. The van der Waals surface area contributed by atoms with E-state index in [0.717, 1.165) is 10.6 Å². The maximum atomic E-state index is 14.4. The molecule has 2 aromatic rings. The van der Waals surface area contributed by atoms with E-state index in [4.69, 9.17) is 4.74 Å². The van der Waals surface area contributed by atoms with Crippen LogP contribution in [0.3, 0.4) is 0 Å². The van der Waals surface area contributed by atoms with Crippen LogP contribution in [0.25, 0.3) is 5.69 Å². The van der Waals surface area contributed by atoms with Crippen LogP contribution in [0.5, 0.6) is 5.75 Å². The molecule has 25 heavy (non-hydrogen) atoms. The number of esters is 1. The Morgan fingerprint density at radius 2 is 1.84 bits per heavy atom. The van der Waals surface area contributed by atoms with Gasteiger partial charge in [-0.05, 0) is 32.4 Å². The molecule has 1 unspecified atom stereocenters. The standard InChI is InChI=1S/C17H19FN2O5/c1-9-6-12(18)13(8-14(9)25-11(3)16(22)24-5)20-15(21)7-10(2)19(4)17(20)23/h6-8,11H,1-5H3. The van der Waals surface area contributed by atoms with Crippen LogP contribution >= 0.6 is 0 Å². The molecule has 0 fully saturated rings. The quantitative estimate of drug-likeness (QED) is 0.775. The maximum absolute atomic E-state index is 14.4. The SMILES string of the molecule is COC(=O)C(C)Oc1cc(-n2c(=O)cc(C)n(C)c2=O)c(F)cc1C. The van der Waals surface area contributed by atoms with E-state index in [0.29, 0.717) is 11.3 Å². The minimum Gasteiger partial charge on any atom is -0.479 e. The Hall–Kier alpha value is -2.90. The predicted octanol–water partition coefficient (Wildman–Crippen LogP) is 1.23. The monoisotopic (exact) mass is 350 g/mol. The van der Waals surface area contributed by atoms with Crippen LogP contribution in [-0.4, -0.2) is 28.3 Å². The lowest BCUT2D eigenvalue weighted by Gasteiger charge is -2.17. The number of ether oxygens (including phenoxy) is 2. The normalized spacial score (nSPS) is 11.9. The van der Waals surface area contributed by atoms with Gasteiger partial charge in [-0.3, -0.25) is 4.79 Å². The van der Waals surface area contributed by atoms with Gasteiger partial charge in [0, 0.05) is 24.9 Å². The van der Waals surface area contributed by atoms with Crippen molar-refractivity contribution in [2.24, 2.45) is 7.05 Å². The van der Waals surface area contributed by atoms with Crippen LogP contribution < -0.4 is 16.0 Å². The largest absolute Gasteiger partial charge is 0.479 e. The average Bonchev–Trinajstić information content (AvgIpc) is 2.55. The molecule has 7 nitrogen and oxygen atoms in total. The van der Waals surface area contributed by atoms with Gasteiger partial charge < -0.3 is 14.0 Å². The molecule has 0 radical (unpaired) electrons. The fraction of sp³-hybridized carbons (Fsp3) is 0.353. The van der Waals surface area contributed by atoms with Gasteiger partial charge in [0.05, 0.1) is 12.8 Å². The summed E-state index contributed by atoms with van der Waals surface area (Å²) in [5, 5.41) is 0. The van der Waals surface area contributed by atoms with E-state index in [1.165, 1.54) is 37.8 Å². The van der Waals surface area contributed by atoms with E-state index in [1.807, 2.05) is 0 Å². The maximum Gasteiger partial charge on any atom is 0.346 e. The van der Waals surface area contributed by atoms with Gasteiger partial charge in [-0.25, -0.2) is 18.5 Å². The molecule has 0 aliphatic heterocycles. The van der Waals surface area contributed by atoms with Gasteiger partial charge in [0.2, 0.25) is 0 Å². The number of carbonyl (C=O) groups is 1. The van der Waals surface area contributed by atoms with E-state index in [2.05, 4.69) is 4.74 Å². The summed E-state index contributed by atoms with van der Waals surface area (Å²) in [6, 6.07) is 3.60. The topological polar surface area (TPSA) is 79.5 Å². The molecule has 1 aromatic heterocycles. The average molecular weight is 350 g/mol. The molecule has 0 amide bonds. The molecular formula is C17H19FN2O5. The summed E-state index contributed by atoms with van der Waals surface area (Å²) in [4.78, 5) is 36.1. The molecule has 134 valence electrons. The van der Waals surface area contributed by atoms with Crippen molar-refractivity contribution >= 4 is 5.97 Å². The summed E-state index contributed by atoms with van der Waals surface area (Å²) >= 11 is 0. The van der Waals surface area contributed by atoms with Crippen LogP contribution in [0.2, 0.25) is 0 Å².